The summed E-state index contributed by atoms with van der Waals surface area (Å²) in [7, 11) is -1.94. The second-order valence-electron chi connectivity index (χ2n) is 6.53. The second-order valence-corrected chi connectivity index (χ2v) is 8.97. The number of halogens is 1. The zero-order chi connectivity index (χ0) is 20.3. The van der Waals surface area contributed by atoms with Crippen LogP contribution in [-0.4, -0.2) is 31.4 Å². The molecule has 0 aliphatic carbocycles. The molecular weight excluding hydrogens is 383 g/mol. The van der Waals surface area contributed by atoms with E-state index in [1.807, 2.05) is 12.1 Å². The largest absolute Gasteiger partial charge is 0.497 e. The molecule has 3 rings (SSSR count). The van der Waals surface area contributed by atoms with Crippen LogP contribution < -0.4 is 4.74 Å². The zero-order valence-corrected chi connectivity index (χ0v) is 16.7. The van der Waals surface area contributed by atoms with Gasteiger partial charge < -0.3 is 9.26 Å². The Morgan fingerprint density at radius 2 is 1.89 bits per heavy atom. The number of aromatic nitrogens is 2. The van der Waals surface area contributed by atoms with Crippen LogP contribution >= 0.6 is 0 Å². The summed E-state index contributed by atoms with van der Waals surface area (Å²) in [6, 6.07) is 11.8. The van der Waals surface area contributed by atoms with Crippen molar-refractivity contribution in [1.29, 1.82) is 0 Å². The summed E-state index contributed by atoms with van der Waals surface area (Å²) in [4.78, 5) is 4.16. The van der Waals surface area contributed by atoms with Gasteiger partial charge in [0.25, 0.3) is 0 Å². The lowest BCUT2D eigenvalue weighted by Gasteiger charge is -2.09. The summed E-state index contributed by atoms with van der Waals surface area (Å²) in [5.41, 5.74) is 1.82. The van der Waals surface area contributed by atoms with E-state index in [1.54, 1.807) is 38.3 Å². The lowest BCUT2D eigenvalue weighted by atomic mass is 10.1. The average molecular weight is 404 g/mol. The molecule has 1 aromatic heterocycles. The first-order valence-electron chi connectivity index (χ1n) is 8.75. The van der Waals surface area contributed by atoms with Crippen molar-refractivity contribution in [2.24, 2.45) is 0 Å². The van der Waals surface area contributed by atoms with Crippen molar-refractivity contribution in [1.82, 2.24) is 10.1 Å². The summed E-state index contributed by atoms with van der Waals surface area (Å²) in [5, 5.41) is 2.84. The Morgan fingerprint density at radius 3 is 2.54 bits per heavy atom. The molecule has 8 heteroatoms. The number of aryl methyl sites for hydroxylation is 2. The minimum Gasteiger partial charge on any atom is -0.497 e. The SMILES string of the molecule is COc1ccc(CCS(=O)(=O)[C@@H](C)c2nc(-c3ccc(C)c(F)c3)no2)cc1. The number of rotatable bonds is 7. The van der Waals surface area contributed by atoms with E-state index in [1.165, 1.54) is 13.0 Å². The predicted octanol–water partition coefficient (Wildman–Crippen LogP) is 3.91. The van der Waals surface area contributed by atoms with Crippen LogP contribution in [0.1, 0.15) is 29.2 Å². The maximum absolute atomic E-state index is 13.7. The number of methoxy groups -OCH3 is 1. The predicted molar refractivity (Wildman–Crippen MR) is 103 cm³/mol. The van der Waals surface area contributed by atoms with Gasteiger partial charge in [0.05, 0.1) is 12.9 Å². The Balaban J connectivity index is 1.72. The van der Waals surface area contributed by atoms with E-state index < -0.39 is 15.1 Å². The van der Waals surface area contributed by atoms with Crippen molar-refractivity contribution in [3.05, 3.63) is 65.3 Å². The fourth-order valence-corrected chi connectivity index (χ4v) is 3.91. The molecule has 0 saturated heterocycles. The quantitative estimate of drug-likeness (QED) is 0.594. The summed E-state index contributed by atoms with van der Waals surface area (Å²) in [6.45, 7) is 3.16. The highest BCUT2D eigenvalue weighted by Crippen LogP contribution is 2.26. The Kier molecular flexibility index (Phi) is 5.79. The van der Waals surface area contributed by atoms with Crippen molar-refractivity contribution < 1.29 is 22.1 Å². The van der Waals surface area contributed by atoms with Gasteiger partial charge in [-0.05, 0) is 49.6 Å². The standard InChI is InChI=1S/C20H21FN2O4S/c1-13-4-7-16(12-18(13)21)19-22-20(27-23-19)14(2)28(24,25)11-10-15-5-8-17(26-3)9-6-15/h4-9,12,14H,10-11H2,1-3H3/t14-/m0/s1. The van der Waals surface area contributed by atoms with Crippen LogP contribution in [0.25, 0.3) is 11.4 Å². The lowest BCUT2D eigenvalue weighted by molar-refractivity contribution is 0.377. The van der Waals surface area contributed by atoms with E-state index in [9.17, 15) is 12.8 Å². The molecular formula is C20H21FN2O4S. The molecule has 0 N–H and O–H groups in total. The molecule has 2 aromatic carbocycles. The molecule has 0 unspecified atom stereocenters. The Hall–Kier alpha value is -2.74. The monoisotopic (exact) mass is 404 g/mol. The lowest BCUT2D eigenvalue weighted by Crippen LogP contribution is -2.16. The second kappa shape index (κ2) is 8.10. The van der Waals surface area contributed by atoms with Gasteiger partial charge >= 0.3 is 0 Å². The Morgan fingerprint density at radius 1 is 1.18 bits per heavy atom. The highest BCUT2D eigenvalue weighted by molar-refractivity contribution is 7.91. The van der Waals surface area contributed by atoms with E-state index in [4.69, 9.17) is 9.26 Å². The molecule has 6 nitrogen and oxygen atoms in total. The van der Waals surface area contributed by atoms with Crippen molar-refractivity contribution in [2.45, 2.75) is 25.5 Å². The van der Waals surface area contributed by atoms with Crippen molar-refractivity contribution in [3.63, 3.8) is 0 Å². The van der Waals surface area contributed by atoms with Crippen LogP contribution in [0.4, 0.5) is 4.39 Å². The van der Waals surface area contributed by atoms with Gasteiger partial charge in [0, 0.05) is 5.56 Å². The third-order valence-corrected chi connectivity index (χ3v) is 6.64. The van der Waals surface area contributed by atoms with Gasteiger partial charge in [-0.15, -0.1) is 0 Å². The molecule has 1 atom stereocenters. The third-order valence-electron chi connectivity index (χ3n) is 4.59. The molecule has 0 radical (unpaired) electrons. The molecule has 148 valence electrons. The fraction of sp³-hybridized carbons (Fsp3) is 0.300. The Bertz CT molecular complexity index is 1060. The van der Waals surface area contributed by atoms with Crippen LogP contribution in [0.2, 0.25) is 0 Å². The summed E-state index contributed by atoms with van der Waals surface area (Å²) < 4.78 is 49.3. The van der Waals surface area contributed by atoms with Gasteiger partial charge in [-0.1, -0.05) is 29.4 Å². The molecule has 0 aliphatic rings. The number of hydrogen-bond acceptors (Lipinski definition) is 6. The number of ether oxygens (including phenoxy) is 1. The number of nitrogens with zero attached hydrogens (tertiary/aromatic N) is 2. The molecule has 3 aromatic rings. The van der Waals surface area contributed by atoms with Gasteiger partial charge in [-0.3, -0.25) is 0 Å². The smallest absolute Gasteiger partial charge is 0.245 e. The van der Waals surface area contributed by atoms with Crippen LogP contribution in [0.15, 0.2) is 47.0 Å². The number of hydrogen-bond donors (Lipinski definition) is 0. The normalized spacial score (nSPS) is 12.7. The molecule has 0 bridgehead atoms. The van der Waals surface area contributed by atoms with E-state index in [-0.39, 0.29) is 23.3 Å². The molecule has 0 aliphatic heterocycles. The third kappa shape index (κ3) is 4.39. The van der Waals surface area contributed by atoms with Crippen LogP contribution in [-0.2, 0) is 16.3 Å². The van der Waals surface area contributed by atoms with Crippen molar-refractivity contribution in [3.8, 4) is 17.1 Å². The maximum atomic E-state index is 13.7. The van der Waals surface area contributed by atoms with E-state index in [2.05, 4.69) is 10.1 Å². The molecule has 1 heterocycles. The van der Waals surface area contributed by atoms with Gasteiger partial charge in [0.1, 0.15) is 16.8 Å². The van der Waals surface area contributed by atoms with Crippen LogP contribution in [0.5, 0.6) is 5.75 Å². The highest BCUT2D eigenvalue weighted by atomic mass is 32.2. The first-order chi connectivity index (χ1) is 13.3. The van der Waals surface area contributed by atoms with Crippen molar-refractivity contribution in [2.75, 3.05) is 12.9 Å². The summed E-state index contributed by atoms with van der Waals surface area (Å²) >= 11 is 0. The first kappa shape index (κ1) is 20.0. The maximum Gasteiger partial charge on any atom is 0.245 e. The fourth-order valence-electron chi connectivity index (χ4n) is 2.63. The topological polar surface area (TPSA) is 82.3 Å². The minimum absolute atomic E-state index is 0.00860. The van der Waals surface area contributed by atoms with Gasteiger partial charge in [-0.25, -0.2) is 12.8 Å². The van der Waals surface area contributed by atoms with Gasteiger partial charge in [-0.2, -0.15) is 4.98 Å². The first-order valence-corrected chi connectivity index (χ1v) is 10.5. The van der Waals surface area contributed by atoms with Gasteiger partial charge in [0.15, 0.2) is 9.84 Å². The Labute approximate surface area is 163 Å². The summed E-state index contributed by atoms with van der Waals surface area (Å²) in [5.74, 6) is 0.420. The van der Waals surface area contributed by atoms with Crippen LogP contribution in [0.3, 0.4) is 0 Å². The summed E-state index contributed by atoms with van der Waals surface area (Å²) in [6.07, 6.45) is 0.362. The molecule has 0 spiro atoms. The minimum atomic E-state index is -3.51. The average Bonchev–Trinajstić information content (AvgIpc) is 3.18. The molecule has 28 heavy (non-hydrogen) atoms. The highest BCUT2D eigenvalue weighted by Gasteiger charge is 2.28. The molecule has 0 fully saturated rings. The number of benzene rings is 2. The van der Waals surface area contributed by atoms with Gasteiger partial charge in [0.2, 0.25) is 11.7 Å². The molecule has 0 saturated carbocycles. The van der Waals surface area contributed by atoms with E-state index in [0.29, 0.717) is 23.3 Å². The van der Waals surface area contributed by atoms with E-state index >= 15 is 0 Å². The molecule has 0 amide bonds. The zero-order valence-electron chi connectivity index (χ0n) is 15.8. The van der Waals surface area contributed by atoms with Crippen molar-refractivity contribution >= 4 is 9.84 Å². The van der Waals surface area contributed by atoms with E-state index in [0.717, 1.165) is 5.56 Å². The van der Waals surface area contributed by atoms with Crippen LogP contribution in [0, 0.1) is 12.7 Å². The number of sulfone groups is 1.